The summed E-state index contributed by atoms with van der Waals surface area (Å²) in [6.45, 7) is 0.959. The molecule has 0 aliphatic carbocycles. The fourth-order valence-electron chi connectivity index (χ4n) is 1.58. The summed E-state index contributed by atoms with van der Waals surface area (Å²) in [7, 11) is 0. The summed E-state index contributed by atoms with van der Waals surface area (Å²) < 4.78 is 36.1. The molecule has 79 valence electrons. The van der Waals surface area contributed by atoms with Gasteiger partial charge in [-0.05, 0) is 13.0 Å². The molecule has 7 heteroatoms. The molecule has 1 radical (unpaired) electrons. The van der Waals surface area contributed by atoms with Crippen LogP contribution in [0.4, 0.5) is 12.9 Å². The Balaban J connectivity index is 0. The molecular weight excluding hydrogens is 219 g/mol. The quantitative estimate of drug-likeness (QED) is 0.666. The van der Waals surface area contributed by atoms with Crippen molar-refractivity contribution in [2.75, 3.05) is 39.2 Å². The van der Waals surface area contributed by atoms with E-state index in [0.717, 1.165) is 19.6 Å². The van der Waals surface area contributed by atoms with Crippen LogP contribution in [-0.2, 0) is 0 Å². The molecule has 1 fully saturated rings. The third kappa shape index (κ3) is 6.09. The zero-order valence-electron chi connectivity index (χ0n) is 9.85. The number of rotatable bonds is 3. The fraction of sp³-hybridized carbons (Fsp3) is 1.00. The maximum Gasteiger partial charge on any atom is 1.00 e. The molecule has 0 unspecified atom stereocenters. The molecule has 1 rings (SSSR count). The molecule has 0 saturated carbocycles. The van der Waals surface area contributed by atoms with Gasteiger partial charge in [-0.15, -0.1) is 0 Å². The van der Waals surface area contributed by atoms with Crippen LogP contribution < -0.4 is 0 Å². The molecule has 14 heavy (non-hydrogen) atoms. The van der Waals surface area contributed by atoms with E-state index < -0.39 is 13.4 Å². The van der Waals surface area contributed by atoms with Gasteiger partial charge in [-0.2, -0.15) is 0 Å². The Bertz CT molecular complexity index is 165. The van der Waals surface area contributed by atoms with Gasteiger partial charge in [0.15, 0.2) is 0 Å². The molecule has 1 aliphatic rings. The van der Waals surface area contributed by atoms with E-state index in [1.165, 1.54) is 4.90 Å². The molecule has 0 aromatic carbocycles. The van der Waals surface area contributed by atoms with Crippen molar-refractivity contribution in [3.8, 4) is 0 Å². The van der Waals surface area contributed by atoms with Crippen molar-refractivity contribution < 1.29 is 14.4 Å². The molecule has 0 amide bonds. The summed E-state index contributed by atoms with van der Waals surface area (Å²) in [4.78, 5) is 3.66. The first-order valence-electron chi connectivity index (χ1n) is 4.67. The van der Waals surface area contributed by atoms with Crippen LogP contribution >= 0.6 is 0 Å². The van der Waals surface area contributed by atoms with Crippen LogP contribution in [0.5, 0.6) is 0 Å². The standard InChI is InChI=1S/C7H15BF3N2.K/c1-2-12-3-5-13(6-4-12)7-8(9,10)11;/h2-7H2,1H3;/q-1;/p+1. The van der Waals surface area contributed by atoms with Crippen LogP contribution in [-0.4, -0.2) is 107 Å². The Labute approximate surface area is 127 Å². The van der Waals surface area contributed by atoms with Gasteiger partial charge in [-0.25, -0.2) is 0 Å². The van der Waals surface area contributed by atoms with Gasteiger partial charge in [-0.1, -0.05) is 6.92 Å². The molecular formula is C7H16BF3KN2. The van der Waals surface area contributed by atoms with Crippen molar-refractivity contribution >= 4 is 58.4 Å². The Morgan fingerprint density at radius 1 is 1.07 bits per heavy atom. The normalized spacial score (nSPS) is 20.6. The zero-order chi connectivity index (χ0) is 9.90. The second-order valence-corrected chi connectivity index (χ2v) is 3.45. The molecule has 0 aromatic rings. The minimum Gasteiger partial charge on any atom is -0.448 e. The Morgan fingerprint density at radius 3 is 1.86 bits per heavy atom. The minimum absolute atomic E-state index is 0. The first kappa shape index (κ1) is 15.4. The molecule has 2 nitrogen and oxygen atoms in total. The molecule has 1 saturated heterocycles. The Hall–Kier alpha value is 1.41. The molecule has 1 heterocycles. The number of likely N-dealkylation sites (N-methyl/N-ethyl adjacent to an activating group) is 1. The van der Waals surface area contributed by atoms with Gasteiger partial charge < -0.3 is 22.7 Å². The van der Waals surface area contributed by atoms with Crippen LogP contribution in [0.2, 0.25) is 0 Å². The third-order valence-corrected chi connectivity index (χ3v) is 2.38. The monoisotopic (exact) mass is 235 g/mol. The molecule has 1 aliphatic heterocycles. The van der Waals surface area contributed by atoms with Gasteiger partial charge in [0.1, 0.15) is 0 Å². The third-order valence-electron chi connectivity index (χ3n) is 2.38. The van der Waals surface area contributed by atoms with Crippen molar-refractivity contribution in [1.29, 1.82) is 0 Å². The molecule has 0 spiro atoms. The number of hydrogen-bond donors (Lipinski definition) is 0. The van der Waals surface area contributed by atoms with Crippen molar-refractivity contribution in [2.24, 2.45) is 0 Å². The van der Waals surface area contributed by atoms with Crippen molar-refractivity contribution in [3.05, 3.63) is 0 Å². The maximum atomic E-state index is 12.0. The minimum atomic E-state index is -4.64. The maximum absolute atomic E-state index is 12.0. The van der Waals surface area contributed by atoms with Gasteiger partial charge in [0.05, 0.1) is 0 Å². The average molecular weight is 235 g/mol. The predicted octanol–water partition coefficient (Wildman–Crippen LogP) is 0.742. The molecule has 0 aromatic heterocycles. The van der Waals surface area contributed by atoms with E-state index in [4.69, 9.17) is 0 Å². The van der Waals surface area contributed by atoms with Crippen molar-refractivity contribution in [2.45, 2.75) is 6.92 Å². The molecule has 0 bridgehead atoms. The van der Waals surface area contributed by atoms with Gasteiger partial charge in [0.2, 0.25) is 0 Å². The predicted molar refractivity (Wildman–Crippen MR) is 54.5 cm³/mol. The molecule has 0 atom stereocenters. The topological polar surface area (TPSA) is 6.48 Å². The van der Waals surface area contributed by atoms with Gasteiger partial charge >= 0.3 is 8.40 Å². The summed E-state index contributed by atoms with van der Waals surface area (Å²) in [5.74, 6) is 0. The Morgan fingerprint density at radius 2 is 1.50 bits per heavy atom. The van der Waals surface area contributed by atoms with Crippen LogP contribution in [0, 0.1) is 0 Å². The number of piperazine rings is 1. The number of halogens is 3. The number of nitrogens with zero attached hydrogens (tertiary/aromatic N) is 2. The summed E-state index contributed by atoms with van der Waals surface area (Å²) in [6, 6.07) is 0. The zero-order valence-corrected chi connectivity index (χ0v) is 12.0. The van der Waals surface area contributed by atoms with E-state index in [0.29, 0.717) is 13.1 Å². The van der Waals surface area contributed by atoms with Gasteiger partial charge in [-0.3, -0.25) is 0 Å². The van der Waals surface area contributed by atoms with Gasteiger partial charge in [0.25, 0.3) is 0 Å². The second kappa shape index (κ2) is 6.88. The largest absolute Gasteiger partial charge is 1.00 e. The SMILES string of the molecule is CCN1CCN(C[B-](F)(F)F)CC1.[H+].[K]. The summed E-state index contributed by atoms with van der Waals surface area (Å²) in [5.41, 5.74) is 0. The average Bonchev–Trinajstić information content (AvgIpc) is 2.03. The smallest absolute Gasteiger partial charge is 0.448 e. The van der Waals surface area contributed by atoms with E-state index in [1.807, 2.05) is 6.92 Å². The first-order valence-corrected chi connectivity index (χ1v) is 4.67. The van der Waals surface area contributed by atoms with Crippen LogP contribution in [0.25, 0.3) is 0 Å². The van der Waals surface area contributed by atoms with Gasteiger partial charge in [0, 0.05) is 77.6 Å². The first-order chi connectivity index (χ1) is 6.01. The van der Waals surface area contributed by atoms with Crippen molar-refractivity contribution in [1.82, 2.24) is 9.80 Å². The summed E-state index contributed by atoms with van der Waals surface area (Å²) in [6.07, 6.45) is -0.697. The fourth-order valence-corrected chi connectivity index (χ4v) is 1.58. The van der Waals surface area contributed by atoms with E-state index in [-0.39, 0.29) is 52.8 Å². The van der Waals surface area contributed by atoms with E-state index in [2.05, 4.69) is 4.90 Å². The second-order valence-electron chi connectivity index (χ2n) is 3.45. The molecule has 0 N–H and O–H groups in total. The Kier molecular flexibility index (Phi) is 7.57. The van der Waals surface area contributed by atoms with Crippen LogP contribution in [0.1, 0.15) is 8.35 Å². The van der Waals surface area contributed by atoms with Crippen LogP contribution in [0.15, 0.2) is 0 Å². The summed E-state index contributed by atoms with van der Waals surface area (Å²) >= 11 is 0. The van der Waals surface area contributed by atoms with E-state index in [9.17, 15) is 12.9 Å². The van der Waals surface area contributed by atoms with Crippen molar-refractivity contribution in [3.63, 3.8) is 0 Å². The van der Waals surface area contributed by atoms with Crippen LogP contribution in [0.3, 0.4) is 0 Å². The van der Waals surface area contributed by atoms with E-state index in [1.54, 1.807) is 0 Å². The number of hydrogen-bond acceptors (Lipinski definition) is 2. The summed E-state index contributed by atoms with van der Waals surface area (Å²) in [5, 5.41) is 0. The van der Waals surface area contributed by atoms with E-state index >= 15 is 0 Å².